The third-order valence-corrected chi connectivity index (χ3v) is 3.03. The van der Waals surface area contributed by atoms with E-state index in [0.717, 1.165) is 18.5 Å². The quantitative estimate of drug-likeness (QED) is 0.803. The third kappa shape index (κ3) is 2.66. The number of nitrogens with two attached hydrogens (primary N) is 1. The van der Waals surface area contributed by atoms with E-state index < -0.39 is 0 Å². The molecule has 1 nitrogen and oxygen atoms in total. The first-order valence-electron chi connectivity index (χ1n) is 5.39. The van der Waals surface area contributed by atoms with Gasteiger partial charge in [-0.1, -0.05) is 24.3 Å². The van der Waals surface area contributed by atoms with E-state index in [1.165, 1.54) is 25.0 Å². The van der Waals surface area contributed by atoms with Crippen LogP contribution >= 0.6 is 0 Å². The van der Waals surface area contributed by atoms with Gasteiger partial charge in [0.1, 0.15) is 5.82 Å². The zero-order valence-corrected chi connectivity index (χ0v) is 8.75. The topological polar surface area (TPSA) is 26.0 Å². The van der Waals surface area contributed by atoms with Crippen LogP contribution in [0.2, 0.25) is 0 Å². The van der Waals surface area contributed by atoms with Crippen molar-refractivity contribution in [2.45, 2.75) is 19.3 Å². The lowest BCUT2D eigenvalue weighted by Gasteiger charge is -2.06. The lowest BCUT2D eigenvalue weighted by atomic mass is 10.0. The minimum atomic E-state index is -0.185. The van der Waals surface area contributed by atoms with Crippen molar-refractivity contribution in [2.24, 2.45) is 11.1 Å². The molecule has 0 aliphatic heterocycles. The molecule has 0 aromatic heterocycles. The first kappa shape index (κ1) is 10.4. The van der Waals surface area contributed by atoms with Gasteiger partial charge >= 0.3 is 0 Å². The lowest BCUT2D eigenvalue weighted by Crippen LogP contribution is -2.06. The van der Waals surface area contributed by atoms with Crippen LogP contribution in [0.3, 0.4) is 0 Å². The summed E-state index contributed by atoms with van der Waals surface area (Å²) in [4.78, 5) is 0. The van der Waals surface area contributed by atoms with Gasteiger partial charge in [0.05, 0.1) is 0 Å². The molecule has 1 aromatic rings. The summed E-state index contributed by atoms with van der Waals surface area (Å²) in [5, 5.41) is 0. The molecule has 0 atom stereocenters. The zero-order valence-electron chi connectivity index (χ0n) is 8.75. The van der Waals surface area contributed by atoms with E-state index in [2.05, 4.69) is 12.2 Å². The largest absolute Gasteiger partial charge is 0.330 e. The highest BCUT2D eigenvalue weighted by atomic mass is 19.1. The Morgan fingerprint density at radius 3 is 2.47 bits per heavy atom. The molecule has 0 amide bonds. The van der Waals surface area contributed by atoms with Crippen LogP contribution in [0.1, 0.15) is 24.8 Å². The van der Waals surface area contributed by atoms with Crippen molar-refractivity contribution in [1.29, 1.82) is 0 Å². The van der Waals surface area contributed by atoms with E-state index in [9.17, 15) is 4.39 Å². The zero-order chi connectivity index (χ0) is 10.7. The van der Waals surface area contributed by atoms with Crippen molar-refractivity contribution in [3.05, 3.63) is 41.7 Å². The summed E-state index contributed by atoms with van der Waals surface area (Å²) in [5.74, 6) is -0.185. The highest BCUT2D eigenvalue weighted by Gasteiger charge is 2.38. The fourth-order valence-corrected chi connectivity index (χ4v) is 1.79. The Morgan fingerprint density at radius 1 is 1.27 bits per heavy atom. The van der Waals surface area contributed by atoms with Crippen LogP contribution in [0.4, 0.5) is 4.39 Å². The molecule has 0 radical (unpaired) electrons. The summed E-state index contributed by atoms with van der Waals surface area (Å²) in [6.45, 7) is 0.744. The Balaban J connectivity index is 2.02. The summed E-state index contributed by atoms with van der Waals surface area (Å²) in [5.41, 5.74) is 6.97. The molecule has 1 aromatic carbocycles. The first-order chi connectivity index (χ1) is 7.24. The predicted molar refractivity (Wildman–Crippen MR) is 60.8 cm³/mol. The molecule has 15 heavy (non-hydrogen) atoms. The molecule has 1 fully saturated rings. The van der Waals surface area contributed by atoms with Crippen molar-refractivity contribution < 1.29 is 4.39 Å². The molecule has 80 valence electrons. The van der Waals surface area contributed by atoms with Gasteiger partial charge in [-0.2, -0.15) is 0 Å². The van der Waals surface area contributed by atoms with Crippen LogP contribution in [0.25, 0.3) is 6.08 Å². The highest BCUT2D eigenvalue weighted by molar-refractivity contribution is 5.50. The Morgan fingerprint density at radius 2 is 1.93 bits per heavy atom. The summed E-state index contributed by atoms with van der Waals surface area (Å²) >= 11 is 0. The standard InChI is InChI=1S/C13H16FN/c14-12-3-1-11(2-4-12)5-6-13(7-8-13)9-10-15/h1-6H,7-10,15H2/b6-5+. The molecule has 0 bridgehead atoms. The molecule has 0 heterocycles. The van der Waals surface area contributed by atoms with Crippen molar-refractivity contribution in [2.75, 3.05) is 6.54 Å². The van der Waals surface area contributed by atoms with E-state index in [1.807, 2.05) is 0 Å². The summed E-state index contributed by atoms with van der Waals surface area (Å²) in [6.07, 6.45) is 7.84. The summed E-state index contributed by atoms with van der Waals surface area (Å²) in [6, 6.07) is 6.57. The van der Waals surface area contributed by atoms with Crippen LogP contribution in [0, 0.1) is 11.2 Å². The minimum absolute atomic E-state index is 0.185. The molecular formula is C13H16FN. The van der Waals surface area contributed by atoms with Crippen LogP contribution in [-0.4, -0.2) is 6.54 Å². The number of hydrogen-bond donors (Lipinski definition) is 1. The Labute approximate surface area is 89.8 Å². The Hall–Kier alpha value is -1.15. The van der Waals surface area contributed by atoms with Gasteiger partial charge in [-0.15, -0.1) is 0 Å². The van der Waals surface area contributed by atoms with E-state index in [1.54, 1.807) is 12.1 Å². The number of rotatable bonds is 4. The van der Waals surface area contributed by atoms with Gasteiger partial charge in [-0.3, -0.25) is 0 Å². The van der Waals surface area contributed by atoms with E-state index in [0.29, 0.717) is 5.41 Å². The Kier molecular flexibility index (Phi) is 2.87. The maximum atomic E-state index is 12.7. The van der Waals surface area contributed by atoms with E-state index in [4.69, 9.17) is 5.73 Å². The highest BCUT2D eigenvalue weighted by Crippen LogP contribution is 2.50. The van der Waals surface area contributed by atoms with Gasteiger partial charge in [-0.05, 0) is 48.9 Å². The normalized spacial score (nSPS) is 18.3. The van der Waals surface area contributed by atoms with Crippen molar-refractivity contribution in [3.63, 3.8) is 0 Å². The fourth-order valence-electron chi connectivity index (χ4n) is 1.79. The predicted octanol–water partition coefficient (Wildman–Crippen LogP) is 2.97. The molecule has 0 unspecified atom stereocenters. The van der Waals surface area contributed by atoms with Gasteiger partial charge in [0, 0.05) is 0 Å². The number of halogens is 1. The van der Waals surface area contributed by atoms with Crippen LogP contribution in [-0.2, 0) is 0 Å². The average molecular weight is 205 g/mol. The van der Waals surface area contributed by atoms with Gasteiger partial charge in [-0.25, -0.2) is 4.39 Å². The minimum Gasteiger partial charge on any atom is -0.330 e. The third-order valence-electron chi connectivity index (χ3n) is 3.03. The second-order valence-electron chi connectivity index (χ2n) is 4.29. The smallest absolute Gasteiger partial charge is 0.123 e. The second kappa shape index (κ2) is 4.15. The number of benzene rings is 1. The maximum Gasteiger partial charge on any atom is 0.123 e. The van der Waals surface area contributed by atoms with Crippen molar-refractivity contribution >= 4 is 6.08 Å². The number of allylic oxidation sites excluding steroid dienone is 1. The Bertz CT molecular complexity index is 349. The molecule has 2 heteroatoms. The van der Waals surface area contributed by atoms with Gasteiger partial charge in [0.25, 0.3) is 0 Å². The van der Waals surface area contributed by atoms with Gasteiger partial charge < -0.3 is 5.73 Å². The molecule has 1 aliphatic rings. The fraction of sp³-hybridized carbons (Fsp3) is 0.385. The van der Waals surface area contributed by atoms with E-state index in [-0.39, 0.29) is 5.82 Å². The SMILES string of the molecule is NCCC1(/C=C/c2ccc(F)cc2)CC1. The van der Waals surface area contributed by atoms with Gasteiger partial charge in [0.2, 0.25) is 0 Å². The lowest BCUT2D eigenvalue weighted by molar-refractivity contribution is 0.596. The molecule has 0 spiro atoms. The second-order valence-corrected chi connectivity index (χ2v) is 4.29. The average Bonchev–Trinajstić information content (AvgIpc) is 2.99. The summed E-state index contributed by atoms with van der Waals surface area (Å²) in [7, 11) is 0. The van der Waals surface area contributed by atoms with Crippen molar-refractivity contribution in [1.82, 2.24) is 0 Å². The van der Waals surface area contributed by atoms with E-state index >= 15 is 0 Å². The molecule has 2 rings (SSSR count). The monoisotopic (exact) mass is 205 g/mol. The first-order valence-corrected chi connectivity index (χ1v) is 5.39. The molecule has 2 N–H and O–H groups in total. The molecule has 1 saturated carbocycles. The van der Waals surface area contributed by atoms with Crippen LogP contribution in [0.5, 0.6) is 0 Å². The van der Waals surface area contributed by atoms with Gasteiger partial charge in [0.15, 0.2) is 0 Å². The molecule has 0 saturated heterocycles. The van der Waals surface area contributed by atoms with Crippen LogP contribution < -0.4 is 5.73 Å². The van der Waals surface area contributed by atoms with Crippen molar-refractivity contribution in [3.8, 4) is 0 Å². The maximum absolute atomic E-state index is 12.7. The summed E-state index contributed by atoms with van der Waals surface area (Å²) < 4.78 is 12.7. The number of hydrogen-bond acceptors (Lipinski definition) is 1. The molecular weight excluding hydrogens is 189 g/mol. The molecule has 1 aliphatic carbocycles. The van der Waals surface area contributed by atoms with Crippen LogP contribution in [0.15, 0.2) is 30.3 Å².